The lowest BCUT2D eigenvalue weighted by Crippen LogP contribution is -2.43. The third-order valence-electron chi connectivity index (χ3n) is 5.86. The molecule has 0 saturated carbocycles. The van der Waals surface area contributed by atoms with Crippen LogP contribution < -0.4 is 0 Å². The molecule has 35 heavy (non-hydrogen) atoms. The zero-order chi connectivity index (χ0) is 25.4. The zero-order valence-corrected chi connectivity index (χ0v) is 19.7. The highest BCUT2D eigenvalue weighted by molar-refractivity contribution is 7.89. The highest BCUT2D eigenvalue weighted by Crippen LogP contribution is 2.46. The molecule has 1 aliphatic heterocycles. The van der Waals surface area contributed by atoms with Crippen molar-refractivity contribution in [2.75, 3.05) is 19.8 Å². The highest BCUT2D eigenvalue weighted by atomic mass is 35.5. The van der Waals surface area contributed by atoms with Crippen LogP contribution in [0.3, 0.4) is 0 Å². The fraction of sp³-hybridized carbons (Fsp3) is 0.250. The molecule has 4 rings (SSSR count). The van der Waals surface area contributed by atoms with E-state index < -0.39 is 46.2 Å². The standard InChI is InChI=1S/C24H20ClF5N2O2S/c25-19-8-4-16(5-9-19)23-22(17-2-1-3-20(27)14-17)15-31(13-12-26)32(23)35(33,34)21-10-6-18(7-11-21)24(28,29)30/h1-11,14,22-23H,12-13,15H2. The number of sulfonamides is 1. The molecule has 4 nitrogen and oxygen atoms in total. The van der Waals surface area contributed by atoms with Gasteiger partial charge in [0.15, 0.2) is 0 Å². The molecule has 186 valence electrons. The number of hydrogen-bond acceptors (Lipinski definition) is 3. The average Bonchev–Trinajstić information content (AvgIpc) is 3.19. The summed E-state index contributed by atoms with van der Waals surface area (Å²) in [5.74, 6) is -1.11. The fourth-order valence-electron chi connectivity index (χ4n) is 4.29. The molecule has 0 aromatic heterocycles. The predicted octanol–water partition coefficient (Wildman–Crippen LogP) is 6.21. The van der Waals surface area contributed by atoms with Crippen molar-refractivity contribution >= 4 is 21.6 Å². The van der Waals surface area contributed by atoms with E-state index in [4.69, 9.17) is 11.6 Å². The molecule has 0 spiro atoms. The predicted molar refractivity (Wildman–Crippen MR) is 121 cm³/mol. The second-order valence-electron chi connectivity index (χ2n) is 8.06. The maximum atomic E-state index is 14.1. The molecular formula is C24H20ClF5N2O2S. The molecule has 1 saturated heterocycles. The summed E-state index contributed by atoms with van der Waals surface area (Å²) in [5.41, 5.74) is 0.0183. The van der Waals surface area contributed by atoms with Gasteiger partial charge in [-0.1, -0.05) is 35.9 Å². The summed E-state index contributed by atoms with van der Waals surface area (Å²) in [5, 5.41) is 1.70. The number of rotatable bonds is 6. The van der Waals surface area contributed by atoms with E-state index in [1.165, 1.54) is 23.2 Å². The van der Waals surface area contributed by atoms with Crippen molar-refractivity contribution in [2.45, 2.75) is 23.0 Å². The molecule has 3 aromatic carbocycles. The highest BCUT2D eigenvalue weighted by Gasteiger charge is 2.48. The van der Waals surface area contributed by atoms with Crippen LogP contribution in [0.5, 0.6) is 0 Å². The minimum absolute atomic E-state index is 0.0422. The summed E-state index contributed by atoms with van der Waals surface area (Å²) in [6.07, 6.45) is -4.63. The monoisotopic (exact) mass is 530 g/mol. The Bertz CT molecular complexity index is 1280. The smallest absolute Gasteiger partial charge is 0.250 e. The van der Waals surface area contributed by atoms with Gasteiger partial charge in [-0.3, -0.25) is 0 Å². The van der Waals surface area contributed by atoms with Crippen LogP contribution in [0.4, 0.5) is 22.0 Å². The van der Waals surface area contributed by atoms with Gasteiger partial charge in [0.25, 0.3) is 10.0 Å². The molecular weight excluding hydrogens is 511 g/mol. The van der Waals surface area contributed by atoms with E-state index in [9.17, 15) is 30.4 Å². The van der Waals surface area contributed by atoms with E-state index in [1.54, 1.807) is 30.3 Å². The van der Waals surface area contributed by atoms with Crippen LogP contribution in [0, 0.1) is 5.82 Å². The van der Waals surface area contributed by atoms with Gasteiger partial charge in [0, 0.05) is 24.0 Å². The second-order valence-corrected chi connectivity index (χ2v) is 10.3. The van der Waals surface area contributed by atoms with Crippen LogP contribution in [0.25, 0.3) is 0 Å². The Morgan fingerprint density at radius 3 is 2.17 bits per heavy atom. The first-order chi connectivity index (χ1) is 16.5. The normalized spacial score (nSPS) is 19.8. The molecule has 1 fully saturated rings. The Labute approximate surface area is 204 Å². The maximum absolute atomic E-state index is 14.1. The van der Waals surface area contributed by atoms with Crippen LogP contribution in [0.2, 0.25) is 5.02 Å². The van der Waals surface area contributed by atoms with Gasteiger partial charge in [-0.05, 0) is 59.7 Å². The van der Waals surface area contributed by atoms with Gasteiger partial charge in [0.2, 0.25) is 0 Å². The van der Waals surface area contributed by atoms with Crippen LogP contribution in [0.1, 0.15) is 28.7 Å². The molecule has 1 aliphatic rings. The summed E-state index contributed by atoms with van der Waals surface area (Å²) in [6, 6.07) is 14.3. The van der Waals surface area contributed by atoms with Crippen molar-refractivity contribution < 1.29 is 30.4 Å². The molecule has 2 atom stereocenters. The topological polar surface area (TPSA) is 40.6 Å². The number of hydrogen-bond donors (Lipinski definition) is 0. The molecule has 0 radical (unpaired) electrons. The summed E-state index contributed by atoms with van der Waals surface area (Å²) in [6.45, 7) is -1.11. The van der Waals surface area contributed by atoms with Crippen LogP contribution in [-0.2, 0) is 16.2 Å². The summed E-state index contributed by atoms with van der Waals surface area (Å²) >= 11 is 6.01. The first kappa shape index (κ1) is 25.6. The molecule has 1 heterocycles. The van der Waals surface area contributed by atoms with Crippen molar-refractivity contribution in [1.82, 2.24) is 9.42 Å². The van der Waals surface area contributed by atoms with Gasteiger partial charge in [-0.2, -0.15) is 13.2 Å². The van der Waals surface area contributed by atoms with Gasteiger partial charge in [0.1, 0.15) is 12.5 Å². The van der Waals surface area contributed by atoms with Crippen molar-refractivity contribution in [2.24, 2.45) is 0 Å². The molecule has 0 N–H and O–H groups in total. The fourth-order valence-corrected chi connectivity index (χ4v) is 6.14. The Morgan fingerprint density at radius 1 is 0.943 bits per heavy atom. The Balaban J connectivity index is 1.85. The molecule has 0 amide bonds. The van der Waals surface area contributed by atoms with Gasteiger partial charge in [-0.25, -0.2) is 22.2 Å². The number of hydrazine groups is 1. The number of halogens is 6. The van der Waals surface area contributed by atoms with Crippen molar-refractivity contribution in [3.8, 4) is 0 Å². The largest absolute Gasteiger partial charge is 0.416 e. The van der Waals surface area contributed by atoms with Crippen molar-refractivity contribution in [1.29, 1.82) is 0 Å². The number of benzene rings is 3. The van der Waals surface area contributed by atoms with Crippen LogP contribution >= 0.6 is 11.6 Å². The number of nitrogens with zero attached hydrogens (tertiary/aromatic N) is 2. The van der Waals surface area contributed by atoms with Gasteiger partial charge >= 0.3 is 6.18 Å². The Morgan fingerprint density at radius 2 is 1.60 bits per heavy atom. The van der Waals surface area contributed by atoms with Crippen molar-refractivity contribution in [3.63, 3.8) is 0 Å². The minimum Gasteiger partial charge on any atom is -0.250 e. The van der Waals surface area contributed by atoms with E-state index in [0.29, 0.717) is 28.3 Å². The third-order valence-corrected chi connectivity index (χ3v) is 7.93. The second kappa shape index (κ2) is 9.85. The number of alkyl halides is 4. The maximum Gasteiger partial charge on any atom is 0.416 e. The van der Waals surface area contributed by atoms with E-state index in [-0.39, 0.29) is 18.0 Å². The lowest BCUT2D eigenvalue weighted by Gasteiger charge is -2.32. The Kier molecular flexibility index (Phi) is 7.19. The molecule has 2 unspecified atom stereocenters. The molecule has 11 heteroatoms. The van der Waals surface area contributed by atoms with Crippen LogP contribution in [-0.4, -0.2) is 37.6 Å². The lowest BCUT2D eigenvalue weighted by molar-refractivity contribution is -0.137. The molecule has 0 aliphatic carbocycles. The van der Waals surface area contributed by atoms with Crippen LogP contribution in [0.15, 0.2) is 77.7 Å². The first-order valence-corrected chi connectivity index (χ1v) is 12.4. The van der Waals surface area contributed by atoms with Gasteiger partial charge < -0.3 is 0 Å². The van der Waals surface area contributed by atoms with Crippen molar-refractivity contribution in [3.05, 3.63) is 100 Å². The van der Waals surface area contributed by atoms with E-state index >= 15 is 0 Å². The van der Waals surface area contributed by atoms with Gasteiger partial charge in [0.05, 0.1) is 16.5 Å². The summed E-state index contributed by atoms with van der Waals surface area (Å²) in [4.78, 5) is -0.381. The average molecular weight is 531 g/mol. The molecule has 3 aromatic rings. The molecule has 0 bridgehead atoms. The van der Waals surface area contributed by atoms with E-state index in [2.05, 4.69) is 0 Å². The third kappa shape index (κ3) is 5.20. The first-order valence-electron chi connectivity index (χ1n) is 10.6. The summed E-state index contributed by atoms with van der Waals surface area (Å²) < 4.78 is 95.1. The van der Waals surface area contributed by atoms with E-state index in [0.717, 1.165) is 16.5 Å². The minimum atomic E-state index is -4.63. The Hall–Kier alpha value is -2.53. The summed E-state index contributed by atoms with van der Waals surface area (Å²) in [7, 11) is -4.43. The lowest BCUT2D eigenvalue weighted by atomic mass is 9.88. The zero-order valence-electron chi connectivity index (χ0n) is 18.1. The SMILES string of the molecule is O=S(=O)(c1ccc(C(F)(F)F)cc1)N1C(c2ccc(Cl)cc2)C(c2cccc(F)c2)CN1CCF. The van der Waals surface area contributed by atoms with E-state index in [1.807, 2.05) is 0 Å². The quantitative estimate of drug-likeness (QED) is 0.356. The van der Waals surface area contributed by atoms with Gasteiger partial charge in [-0.15, -0.1) is 4.41 Å².